The molecule has 1 saturated carbocycles. The molecule has 0 saturated heterocycles. The van der Waals surface area contributed by atoms with Gasteiger partial charge in [0.2, 0.25) is 0 Å². The van der Waals surface area contributed by atoms with Gasteiger partial charge in [0.05, 0.1) is 0 Å². The highest BCUT2D eigenvalue weighted by Crippen LogP contribution is 2.32. The summed E-state index contributed by atoms with van der Waals surface area (Å²) in [6, 6.07) is 12.4. The third-order valence-corrected chi connectivity index (χ3v) is 4.10. The predicted molar refractivity (Wildman–Crippen MR) is 92.2 cm³/mol. The van der Waals surface area contributed by atoms with Crippen LogP contribution in [0, 0.1) is 17.6 Å². The van der Waals surface area contributed by atoms with E-state index in [-0.39, 0.29) is 17.4 Å². The van der Waals surface area contributed by atoms with Crippen molar-refractivity contribution in [3.63, 3.8) is 0 Å². The van der Waals surface area contributed by atoms with E-state index in [4.69, 9.17) is 0 Å². The monoisotopic (exact) mass is 324 g/mol. The molecule has 1 nitrogen and oxygen atoms in total. The van der Waals surface area contributed by atoms with E-state index in [9.17, 15) is 13.6 Å². The summed E-state index contributed by atoms with van der Waals surface area (Å²) >= 11 is 0. The molecule has 1 atom stereocenters. The summed E-state index contributed by atoms with van der Waals surface area (Å²) in [5.41, 5.74) is 2.69. The molecule has 0 spiro atoms. The summed E-state index contributed by atoms with van der Waals surface area (Å²) in [4.78, 5) is 12.7. The largest absolute Gasteiger partial charge is 0.289 e. The highest BCUT2D eigenvalue weighted by molar-refractivity contribution is 6.14. The van der Waals surface area contributed by atoms with Crippen LogP contribution in [0.15, 0.2) is 59.7 Å². The summed E-state index contributed by atoms with van der Waals surface area (Å²) in [7, 11) is 0. The average Bonchev–Trinajstić information content (AvgIpc) is 2.52. The SMILES string of the molecule is CC1CC(=Cc2cccc(F)c2)C(=O)/C(=C/c2cccc(F)c2)C1. The summed E-state index contributed by atoms with van der Waals surface area (Å²) in [5.74, 6) is -0.378. The maximum absolute atomic E-state index is 13.3. The highest BCUT2D eigenvalue weighted by atomic mass is 19.1. The first-order chi connectivity index (χ1) is 11.5. The second kappa shape index (κ2) is 6.91. The highest BCUT2D eigenvalue weighted by Gasteiger charge is 2.25. The van der Waals surface area contributed by atoms with Gasteiger partial charge in [-0.05, 0) is 66.3 Å². The van der Waals surface area contributed by atoms with Crippen molar-refractivity contribution in [3.8, 4) is 0 Å². The minimum Gasteiger partial charge on any atom is -0.289 e. The number of carbonyl (C=O) groups is 1. The van der Waals surface area contributed by atoms with Gasteiger partial charge in [0.1, 0.15) is 11.6 Å². The number of halogens is 2. The van der Waals surface area contributed by atoms with Gasteiger partial charge in [-0.2, -0.15) is 0 Å². The van der Waals surface area contributed by atoms with Gasteiger partial charge in [-0.25, -0.2) is 8.78 Å². The molecule has 0 radical (unpaired) electrons. The fourth-order valence-electron chi connectivity index (χ4n) is 3.06. The first kappa shape index (κ1) is 16.3. The predicted octanol–water partition coefficient (Wildman–Crippen LogP) is 5.43. The average molecular weight is 324 g/mol. The molecule has 2 aromatic carbocycles. The molecule has 3 rings (SSSR count). The first-order valence-corrected chi connectivity index (χ1v) is 7.98. The Morgan fingerprint density at radius 2 is 1.33 bits per heavy atom. The molecule has 0 N–H and O–H groups in total. The molecule has 0 bridgehead atoms. The van der Waals surface area contributed by atoms with Crippen LogP contribution in [0.4, 0.5) is 8.78 Å². The number of hydrogen-bond donors (Lipinski definition) is 0. The normalized spacial score (nSPS) is 21.5. The van der Waals surface area contributed by atoms with Crippen molar-refractivity contribution in [3.05, 3.63) is 82.4 Å². The zero-order valence-corrected chi connectivity index (χ0v) is 13.4. The van der Waals surface area contributed by atoms with E-state index in [0.29, 0.717) is 41.0 Å². The van der Waals surface area contributed by atoms with Crippen molar-refractivity contribution >= 4 is 17.9 Å². The van der Waals surface area contributed by atoms with E-state index in [2.05, 4.69) is 6.92 Å². The number of benzene rings is 2. The summed E-state index contributed by atoms with van der Waals surface area (Å²) in [6.07, 6.45) is 4.83. The van der Waals surface area contributed by atoms with E-state index in [1.165, 1.54) is 24.3 Å². The molecular formula is C21H18F2O. The summed E-state index contributed by atoms with van der Waals surface area (Å²) in [5, 5.41) is 0. The molecular weight excluding hydrogens is 306 g/mol. The van der Waals surface area contributed by atoms with Crippen LogP contribution in [0.2, 0.25) is 0 Å². The van der Waals surface area contributed by atoms with Gasteiger partial charge in [-0.3, -0.25) is 4.79 Å². The van der Waals surface area contributed by atoms with E-state index in [0.717, 1.165) is 0 Å². The number of Topliss-reactive ketones (excluding diaryl/α,β-unsaturated/α-hetero) is 1. The summed E-state index contributed by atoms with van der Waals surface area (Å²) < 4.78 is 26.7. The third kappa shape index (κ3) is 3.85. The summed E-state index contributed by atoms with van der Waals surface area (Å²) in [6.45, 7) is 2.07. The molecule has 0 heterocycles. The van der Waals surface area contributed by atoms with Crippen LogP contribution >= 0.6 is 0 Å². The van der Waals surface area contributed by atoms with Gasteiger partial charge < -0.3 is 0 Å². The second-order valence-electron chi connectivity index (χ2n) is 6.29. The van der Waals surface area contributed by atoms with Crippen molar-refractivity contribution in [1.82, 2.24) is 0 Å². The Bertz CT molecular complexity index is 766. The molecule has 1 fully saturated rings. The molecule has 24 heavy (non-hydrogen) atoms. The Balaban J connectivity index is 1.94. The lowest BCUT2D eigenvalue weighted by Gasteiger charge is -2.22. The van der Waals surface area contributed by atoms with Gasteiger partial charge in [0.25, 0.3) is 0 Å². The zero-order valence-electron chi connectivity index (χ0n) is 13.4. The van der Waals surface area contributed by atoms with E-state index >= 15 is 0 Å². The van der Waals surface area contributed by atoms with Crippen LogP contribution in [-0.2, 0) is 4.79 Å². The fourth-order valence-corrected chi connectivity index (χ4v) is 3.06. The number of allylic oxidation sites excluding steroid dienone is 2. The Morgan fingerprint density at radius 3 is 1.75 bits per heavy atom. The first-order valence-electron chi connectivity index (χ1n) is 7.98. The lowest BCUT2D eigenvalue weighted by atomic mass is 9.81. The molecule has 1 unspecified atom stereocenters. The minimum atomic E-state index is -0.323. The van der Waals surface area contributed by atoms with Crippen LogP contribution < -0.4 is 0 Å². The van der Waals surface area contributed by atoms with Gasteiger partial charge >= 0.3 is 0 Å². The van der Waals surface area contributed by atoms with Crippen molar-refractivity contribution in [2.75, 3.05) is 0 Å². The number of hydrogen-bond acceptors (Lipinski definition) is 1. The Morgan fingerprint density at radius 1 is 0.875 bits per heavy atom. The Hall–Kier alpha value is -2.55. The van der Waals surface area contributed by atoms with E-state index in [1.54, 1.807) is 36.4 Å². The topological polar surface area (TPSA) is 17.1 Å². The van der Waals surface area contributed by atoms with E-state index < -0.39 is 0 Å². The van der Waals surface area contributed by atoms with Crippen LogP contribution in [0.5, 0.6) is 0 Å². The van der Waals surface area contributed by atoms with Crippen LogP contribution in [0.3, 0.4) is 0 Å². The van der Waals surface area contributed by atoms with Crippen LogP contribution in [-0.4, -0.2) is 5.78 Å². The molecule has 2 aromatic rings. The number of rotatable bonds is 2. The molecule has 0 aromatic heterocycles. The molecule has 3 heteroatoms. The lowest BCUT2D eigenvalue weighted by Crippen LogP contribution is -2.18. The number of ketones is 1. The lowest BCUT2D eigenvalue weighted by molar-refractivity contribution is -0.113. The Labute approximate surface area is 140 Å². The zero-order chi connectivity index (χ0) is 17.1. The van der Waals surface area contributed by atoms with Gasteiger partial charge in [0, 0.05) is 11.1 Å². The second-order valence-corrected chi connectivity index (χ2v) is 6.29. The van der Waals surface area contributed by atoms with Crippen molar-refractivity contribution < 1.29 is 13.6 Å². The molecule has 122 valence electrons. The van der Waals surface area contributed by atoms with E-state index in [1.807, 2.05) is 0 Å². The van der Waals surface area contributed by atoms with Crippen LogP contribution in [0.25, 0.3) is 12.2 Å². The van der Waals surface area contributed by atoms with Gasteiger partial charge in [-0.1, -0.05) is 31.2 Å². The van der Waals surface area contributed by atoms with Crippen LogP contribution in [0.1, 0.15) is 30.9 Å². The molecule has 1 aliphatic rings. The smallest absolute Gasteiger partial charge is 0.185 e. The quantitative estimate of drug-likeness (QED) is 0.673. The Kier molecular flexibility index (Phi) is 4.70. The molecule has 0 amide bonds. The maximum atomic E-state index is 13.3. The standard InChI is InChI=1S/C21H18F2O/c1-14-8-17(10-15-4-2-6-19(22)12-15)21(24)18(9-14)11-16-5-3-7-20(23)13-16/h2-7,10-14H,8-9H2,1H3/b17-10+,18-11?. The van der Waals surface area contributed by atoms with Crippen molar-refractivity contribution in [1.29, 1.82) is 0 Å². The number of carbonyl (C=O) groups excluding carboxylic acids is 1. The maximum Gasteiger partial charge on any atom is 0.185 e. The minimum absolute atomic E-state index is 0.0402. The third-order valence-electron chi connectivity index (χ3n) is 4.10. The molecule has 0 aliphatic heterocycles. The van der Waals surface area contributed by atoms with Gasteiger partial charge in [-0.15, -0.1) is 0 Å². The van der Waals surface area contributed by atoms with Gasteiger partial charge in [0.15, 0.2) is 5.78 Å². The fraction of sp³-hybridized carbons (Fsp3) is 0.190. The van der Waals surface area contributed by atoms with Crippen molar-refractivity contribution in [2.24, 2.45) is 5.92 Å². The van der Waals surface area contributed by atoms with Crippen molar-refractivity contribution in [2.45, 2.75) is 19.8 Å². The molecule has 1 aliphatic carbocycles.